The zero-order valence-corrected chi connectivity index (χ0v) is 8.86. The lowest BCUT2D eigenvalue weighted by atomic mass is 10.2. The van der Waals surface area contributed by atoms with Gasteiger partial charge in [-0.05, 0) is 25.1 Å². The molecule has 1 atom stereocenters. The van der Waals surface area contributed by atoms with Crippen molar-refractivity contribution in [2.75, 3.05) is 24.5 Å². The average molecular weight is 212 g/mol. The molecule has 0 aliphatic heterocycles. The van der Waals surface area contributed by atoms with Crippen LogP contribution in [-0.4, -0.2) is 30.8 Å². The van der Waals surface area contributed by atoms with Crippen LogP contribution in [-0.2, 0) is 0 Å². The lowest BCUT2D eigenvalue weighted by molar-refractivity contribution is 0.188. The summed E-state index contributed by atoms with van der Waals surface area (Å²) in [5.74, 6) is -0.270. The number of halogens is 1. The maximum atomic E-state index is 13.0. The number of likely N-dealkylation sites (N-methyl/N-ethyl adjacent to an activating group) is 1. The maximum Gasteiger partial charge on any atom is 0.125 e. The number of hydrogen-bond acceptors (Lipinski definition) is 3. The molecule has 0 aromatic heterocycles. The summed E-state index contributed by atoms with van der Waals surface area (Å²) in [4.78, 5) is 1.89. The van der Waals surface area contributed by atoms with Crippen LogP contribution in [0.4, 0.5) is 10.1 Å². The first kappa shape index (κ1) is 11.9. The van der Waals surface area contributed by atoms with Gasteiger partial charge in [0.2, 0.25) is 0 Å². The SMILES string of the molecule is CCN(CC(O)CN)c1cccc(F)c1. The van der Waals surface area contributed by atoms with E-state index in [4.69, 9.17) is 5.73 Å². The third kappa shape index (κ3) is 3.49. The number of hydrogen-bond donors (Lipinski definition) is 2. The van der Waals surface area contributed by atoms with E-state index >= 15 is 0 Å². The van der Waals surface area contributed by atoms with Crippen LogP contribution in [0.1, 0.15) is 6.92 Å². The summed E-state index contributed by atoms with van der Waals surface area (Å²) in [6, 6.07) is 6.32. The second-order valence-corrected chi connectivity index (χ2v) is 3.41. The molecule has 1 aromatic carbocycles. The van der Waals surface area contributed by atoms with Gasteiger partial charge in [-0.1, -0.05) is 6.07 Å². The van der Waals surface area contributed by atoms with Crippen molar-refractivity contribution < 1.29 is 9.50 Å². The molecule has 84 valence electrons. The van der Waals surface area contributed by atoms with Crippen molar-refractivity contribution in [3.63, 3.8) is 0 Å². The summed E-state index contributed by atoms with van der Waals surface area (Å²) in [6.45, 7) is 3.30. The minimum absolute atomic E-state index is 0.214. The van der Waals surface area contributed by atoms with Gasteiger partial charge in [0.25, 0.3) is 0 Å². The normalized spacial score (nSPS) is 12.5. The minimum atomic E-state index is -0.576. The summed E-state index contributed by atoms with van der Waals surface area (Å²) in [7, 11) is 0. The highest BCUT2D eigenvalue weighted by Gasteiger charge is 2.09. The molecule has 4 heteroatoms. The molecule has 1 unspecified atom stereocenters. The number of anilines is 1. The lowest BCUT2D eigenvalue weighted by Crippen LogP contribution is -2.36. The van der Waals surface area contributed by atoms with Crippen LogP contribution < -0.4 is 10.6 Å². The minimum Gasteiger partial charge on any atom is -0.390 e. The summed E-state index contributed by atoms with van der Waals surface area (Å²) in [5.41, 5.74) is 6.10. The Labute approximate surface area is 89.3 Å². The van der Waals surface area contributed by atoms with Gasteiger partial charge in [-0.2, -0.15) is 0 Å². The molecule has 0 amide bonds. The van der Waals surface area contributed by atoms with E-state index in [1.54, 1.807) is 6.07 Å². The third-order valence-corrected chi connectivity index (χ3v) is 2.26. The fraction of sp³-hybridized carbons (Fsp3) is 0.455. The molecule has 0 saturated heterocycles. The molecule has 0 saturated carbocycles. The van der Waals surface area contributed by atoms with Crippen LogP contribution >= 0.6 is 0 Å². The van der Waals surface area contributed by atoms with Crippen molar-refractivity contribution in [3.05, 3.63) is 30.1 Å². The van der Waals surface area contributed by atoms with Gasteiger partial charge in [0.05, 0.1) is 6.10 Å². The molecule has 0 radical (unpaired) electrons. The Kier molecular flexibility index (Phi) is 4.52. The number of aliphatic hydroxyl groups is 1. The molecule has 0 spiro atoms. The van der Waals surface area contributed by atoms with Gasteiger partial charge in [0.1, 0.15) is 5.82 Å². The summed E-state index contributed by atoms with van der Waals surface area (Å²) in [5, 5.41) is 9.43. The number of rotatable bonds is 5. The topological polar surface area (TPSA) is 49.5 Å². The van der Waals surface area contributed by atoms with E-state index in [0.29, 0.717) is 13.1 Å². The van der Waals surface area contributed by atoms with Gasteiger partial charge in [-0.25, -0.2) is 4.39 Å². The lowest BCUT2D eigenvalue weighted by Gasteiger charge is -2.25. The fourth-order valence-electron chi connectivity index (χ4n) is 1.42. The summed E-state index contributed by atoms with van der Waals surface area (Å²) in [6.07, 6.45) is -0.576. The quantitative estimate of drug-likeness (QED) is 0.764. The first-order chi connectivity index (χ1) is 7.17. The molecule has 3 nitrogen and oxygen atoms in total. The smallest absolute Gasteiger partial charge is 0.125 e. The Bertz CT molecular complexity index is 306. The van der Waals surface area contributed by atoms with E-state index in [0.717, 1.165) is 5.69 Å². The zero-order chi connectivity index (χ0) is 11.3. The highest BCUT2D eigenvalue weighted by Crippen LogP contribution is 2.15. The van der Waals surface area contributed by atoms with Gasteiger partial charge in [0, 0.05) is 25.3 Å². The van der Waals surface area contributed by atoms with Gasteiger partial charge >= 0.3 is 0 Å². The molecular weight excluding hydrogens is 195 g/mol. The Balaban J connectivity index is 2.73. The molecule has 15 heavy (non-hydrogen) atoms. The van der Waals surface area contributed by atoms with Crippen LogP contribution in [0.5, 0.6) is 0 Å². The molecule has 1 rings (SSSR count). The second-order valence-electron chi connectivity index (χ2n) is 3.41. The van der Waals surface area contributed by atoms with E-state index in [1.807, 2.05) is 17.9 Å². The molecule has 0 bridgehead atoms. The Hall–Kier alpha value is -1.13. The second kappa shape index (κ2) is 5.68. The number of benzene rings is 1. The molecule has 0 fully saturated rings. The van der Waals surface area contributed by atoms with Gasteiger partial charge in [-0.15, -0.1) is 0 Å². The Morgan fingerprint density at radius 1 is 1.53 bits per heavy atom. The van der Waals surface area contributed by atoms with E-state index < -0.39 is 6.10 Å². The first-order valence-corrected chi connectivity index (χ1v) is 5.06. The van der Waals surface area contributed by atoms with Crippen LogP contribution in [0, 0.1) is 5.82 Å². The van der Waals surface area contributed by atoms with Crippen molar-refractivity contribution in [2.45, 2.75) is 13.0 Å². The number of nitrogens with zero attached hydrogens (tertiary/aromatic N) is 1. The Morgan fingerprint density at radius 2 is 2.27 bits per heavy atom. The van der Waals surface area contributed by atoms with Gasteiger partial charge in [0.15, 0.2) is 0 Å². The Morgan fingerprint density at radius 3 is 2.80 bits per heavy atom. The predicted octanol–water partition coefficient (Wildman–Crippen LogP) is 0.972. The zero-order valence-electron chi connectivity index (χ0n) is 8.86. The molecular formula is C11H17FN2O. The van der Waals surface area contributed by atoms with Crippen LogP contribution in [0.25, 0.3) is 0 Å². The van der Waals surface area contributed by atoms with E-state index in [1.165, 1.54) is 12.1 Å². The standard InChI is InChI=1S/C11H17FN2O/c1-2-14(8-11(15)7-13)10-5-3-4-9(12)6-10/h3-6,11,15H,2,7-8,13H2,1H3. The molecule has 0 aliphatic carbocycles. The first-order valence-electron chi connectivity index (χ1n) is 5.06. The highest BCUT2D eigenvalue weighted by molar-refractivity contribution is 5.46. The predicted molar refractivity (Wildman–Crippen MR) is 59.3 cm³/mol. The largest absolute Gasteiger partial charge is 0.390 e. The maximum absolute atomic E-state index is 13.0. The van der Waals surface area contributed by atoms with E-state index in [-0.39, 0.29) is 12.4 Å². The average Bonchev–Trinajstić information content (AvgIpc) is 2.25. The third-order valence-electron chi connectivity index (χ3n) is 2.26. The van der Waals surface area contributed by atoms with Crippen LogP contribution in [0.15, 0.2) is 24.3 Å². The van der Waals surface area contributed by atoms with Crippen molar-refractivity contribution >= 4 is 5.69 Å². The number of nitrogens with two attached hydrogens (primary N) is 1. The fourth-order valence-corrected chi connectivity index (χ4v) is 1.42. The summed E-state index contributed by atoms with van der Waals surface area (Å²) >= 11 is 0. The van der Waals surface area contributed by atoms with Crippen molar-refractivity contribution in [1.82, 2.24) is 0 Å². The van der Waals surface area contributed by atoms with E-state index in [2.05, 4.69) is 0 Å². The summed E-state index contributed by atoms with van der Waals surface area (Å²) < 4.78 is 13.0. The molecule has 3 N–H and O–H groups in total. The van der Waals surface area contributed by atoms with Crippen molar-refractivity contribution in [1.29, 1.82) is 0 Å². The number of aliphatic hydroxyl groups excluding tert-OH is 1. The van der Waals surface area contributed by atoms with E-state index in [9.17, 15) is 9.50 Å². The van der Waals surface area contributed by atoms with Crippen molar-refractivity contribution in [3.8, 4) is 0 Å². The van der Waals surface area contributed by atoms with Crippen LogP contribution in [0.2, 0.25) is 0 Å². The van der Waals surface area contributed by atoms with Gasteiger partial charge in [-0.3, -0.25) is 0 Å². The highest BCUT2D eigenvalue weighted by atomic mass is 19.1. The van der Waals surface area contributed by atoms with Crippen molar-refractivity contribution in [2.24, 2.45) is 5.73 Å². The monoisotopic (exact) mass is 212 g/mol. The van der Waals surface area contributed by atoms with Gasteiger partial charge < -0.3 is 15.7 Å². The molecule has 1 aromatic rings. The molecule has 0 heterocycles. The van der Waals surface area contributed by atoms with Crippen LogP contribution in [0.3, 0.4) is 0 Å². The molecule has 0 aliphatic rings.